The number of nitrogen functional groups attached to an aromatic ring is 1. The number of para-hydroxylation sites is 2. The number of carbonyl (C=O) groups is 1. The summed E-state index contributed by atoms with van der Waals surface area (Å²) in [6.07, 6.45) is 1.68. The van der Waals surface area contributed by atoms with E-state index in [1.165, 1.54) is 0 Å². The van der Waals surface area contributed by atoms with E-state index < -0.39 is 5.91 Å². The Morgan fingerprint density at radius 2 is 1.95 bits per heavy atom. The van der Waals surface area contributed by atoms with E-state index >= 15 is 0 Å². The first-order valence-electron chi connectivity index (χ1n) is 5.78. The average Bonchev–Trinajstić information content (AvgIpc) is 2.83. The molecule has 4 N–H and O–H groups in total. The van der Waals surface area contributed by atoms with E-state index in [9.17, 15) is 4.79 Å². The number of nitrogens with two attached hydrogens (primary N) is 2. The Bertz CT molecular complexity index is 776. The molecule has 0 aliphatic heterocycles. The molecule has 5 nitrogen and oxygen atoms in total. The van der Waals surface area contributed by atoms with Crippen LogP contribution in [0.4, 0.5) is 5.69 Å². The number of amides is 1. The fraction of sp³-hybridized carbons (Fsp3) is 0. The number of hydrogen-bond acceptors (Lipinski definition) is 3. The van der Waals surface area contributed by atoms with Gasteiger partial charge < -0.3 is 11.5 Å². The largest absolute Gasteiger partial charge is 0.397 e. The van der Waals surface area contributed by atoms with Gasteiger partial charge in [-0.15, -0.1) is 0 Å². The van der Waals surface area contributed by atoms with Crippen molar-refractivity contribution in [3.8, 4) is 5.69 Å². The monoisotopic (exact) mass is 252 g/mol. The summed E-state index contributed by atoms with van der Waals surface area (Å²) < 4.78 is 1.84. The molecular weight excluding hydrogens is 240 g/mol. The number of fused-ring (bicyclic) bond motifs is 1. The molecule has 0 aliphatic carbocycles. The molecule has 0 saturated heterocycles. The summed E-state index contributed by atoms with van der Waals surface area (Å²) >= 11 is 0. The number of benzene rings is 2. The highest BCUT2D eigenvalue weighted by Gasteiger charge is 2.09. The smallest absolute Gasteiger partial charge is 0.248 e. The maximum Gasteiger partial charge on any atom is 0.248 e. The van der Waals surface area contributed by atoms with Gasteiger partial charge in [0.25, 0.3) is 0 Å². The van der Waals surface area contributed by atoms with Crippen molar-refractivity contribution < 1.29 is 4.79 Å². The van der Waals surface area contributed by atoms with Crippen molar-refractivity contribution >= 4 is 22.6 Å². The van der Waals surface area contributed by atoms with Crippen molar-refractivity contribution in [3.63, 3.8) is 0 Å². The molecule has 1 amide bonds. The van der Waals surface area contributed by atoms with Gasteiger partial charge >= 0.3 is 0 Å². The zero-order chi connectivity index (χ0) is 13.4. The first kappa shape index (κ1) is 11.3. The van der Waals surface area contributed by atoms with Gasteiger partial charge in [-0.1, -0.05) is 12.1 Å². The summed E-state index contributed by atoms with van der Waals surface area (Å²) in [6, 6.07) is 12.7. The van der Waals surface area contributed by atoms with Crippen LogP contribution < -0.4 is 11.5 Å². The first-order valence-corrected chi connectivity index (χ1v) is 5.78. The first-order chi connectivity index (χ1) is 9.16. The fourth-order valence-corrected chi connectivity index (χ4v) is 2.06. The lowest BCUT2D eigenvalue weighted by molar-refractivity contribution is 0.100. The molecular formula is C14H12N4O. The normalized spacial score (nSPS) is 10.7. The number of anilines is 1. The van der Waals surface area contributed by atoms with Crippen molar-refractivity contribution in [2.45, 2.75) is 0 Å². The molecule has 0 radical (unpaired) electrons. The summed E-state index contributed by atoms with van der Waals surface area (Å²) in [7, 11) is 0. The summed E-state index contributed by atoms with van der Waals surface area (Å²) in [5.41, 5.74) is 14.7. The van der Waals surface area contributed by atoms with E-state index in [-0.39, 0.29) is 0 Å². The van der Waals surface area contributed by atoms with Gasteiger partial charge in [0, 0.05) is 5.56 Å². The van der Waals surface area contributed by atoms with Gasteiger partial charge in [0.15, 0.2) is 0 Å². The number of primary amides is 1. The summed E-state index contributed by atoms with van der Waals surface area (Å²) in [4.78, 5) is 15.6. The predicted octanol–water partition coefficient (Wildman–Crippen LogP) is 1.71. The lowest BCUT2D eigenvalue weighted by Gasteiger charge is -2.09. The molecule has 0 saturated carbocycles. The predicted molar refractivity (Wildman–Crippen MR) is 74.0 cm³/mol. The van der Waals surface area contributed by atoms with Crippen LogP contribution in [0.15, 0.2) is 48.8 Å². The van der Waals surface area contributed by atoms with Crippen LogP contribution in [0.3, 0.4) is 0 Å². The van der Waals surface area contributed by atoms with Crippen LogP contribution in [0, 0.1) is 0 Å². The van der Waals surface area contributed by atoms with Gasteiger partial charge in [-0.25, -0.2) is 4.98 Å². The molecule has 0 atom stereocenters. The molecule has 3 aromatic rings. The molecule has 0 bridgehead atoms. The Hall–Kier alpha value is -2.82. The number of carbonyl (C=O) groups excluding carboxylic acids is 1. The van der Waals surface area contributed by atoms with Crippen molar-refractivity contribution in [1.29, 1.82) is 0 Å². The van der Waals surface area contributed by atoms with Gasteiger partial charge in [-0.05, 0) is 30.3 Å². The summed E-state index contributed by atoms with van der Waals surface area (Å²) in [5, 5.41) is 0. The van der Waals surface area contributed by atoms with Crippen molar-refractivity contribution in [2.75, 3.05) is 5.73 Å². The minimum atomic E-state index is -0.481. The molecule has 0 fully saturated rings. The van der Waals surface area contributed by atoms with Crippen LogP contribution >= 0.6 is 0 Å². The lowest BCUT2D eigenvalue weighted by Crippen LogP contribution is -2.12. The third-order valence-corrected chi connectivity index (χ3v) is 3.03. The lowest BCUT2D eigenvalue weighted by atomic mass is 10.1. The molecule has 2 aromatic carbocycles. The van der Waals surface area contributed by atoms with E-state index in [0.717, 1.165) is 11.0 Å². The molecule has 19 heavy (non-hydrogen) atoms. The van der Waals surface area contributed by atoms with E-state index in [1.807, 2.05) is 28.8 Å². The van der Waals surface area contributed by atoms with Gasteiger partial charge in [0.1, 0.15) is 6.33 Å². The highest BCUT2D eigenvalue weighted by Crippen LogP contribution is 2.23. The van der Waals surface area contributed by atoms with E-state index in [4.69, 9.17) is 11.5 Å². The van der Waals surface area contributed by atoms with Crippen LogP contribution in [-0.2, 0) is 0 Å². The highest BCUT2D eigenvalue weighted by molar-refractivity contribution is 5.94. The van der Waals surface area contributed by atoms with Crippen molar-refractivity contribution in [1.82, 2.24) is 9.55 Å². The maximum absolute atomic E-state index is 11.3. The van der Waals surface area contributed by atoms with Crippen LogP contribution in [0.25, 0.3) is 16.7 Å². The quantitative estimate of drug-likeness (QED) is 0.680. The molecule has 3 rings (SSSR count). The number of rotatable bonds is 2. The number of hydrogen-bond donors (Lipinski definition) is 2. The minimum absolute atomic E-state index is 0.419. The Morgan fingerprint density at radius 3 is 2.74 bits per heavy atom. The van der Waals surface area contributed by atoms with Gasteiger partial charge in [0.05, 0.1) is 22.4 Å². The topological polar surface area (TPSA) is 86.9 Å². The standard InChI is InChI=1S/C14H12N4O/c15-10-6-5-9(14(16)19)7-13(10)18-8-17-11-3-1-2-4-12(11)18/h1-8H,15H2,(H2,16,19). The van der Waals surface area contributed by atoms with Gasteiger partial charge in [-0.3, -0.25) is 9.36 Å². The highest BCUT2D eigenvalue weighted by atomic mass is 16.1. The molecule has 1 aromatic heterocycles. The summed E-state index contributed by atoms with van der Waals surface area (Å²) in [5.74, 6) is -0.481. The van der Waals surface area contributed by atoms with E-state index in [2.05, 4.69) is 4.98 Å². The SMILES string of the molecule is NC(=O)c1ccc(N)c(-n2cnc3ccccc32)c1. The number of nitrogens with zero attached hydrogens (tertiary/aromatic N) is 2. The second-order valence-corrected chi connectivity index (χ2v) is 4.24. The molecule has 5 heteroatoms. The van der Waals surface area contributed by atoms with Crippen LogP contribution in [0.1, 0.15) is 10.4 Å². The van der Waals surface area contributed by atoms with Crippen molar-refractivity contribution in [3.05, 3.63) is 54.4 Å². The summed E-state index contributed by atoms with van der Waals surface area (Å²) in [6.45, 7) is 0. The molecule has 0 unspecified atom stereocenters. The van der Waals surface area contributed by atoms with Gasteiger partial charge in [0.2, 0.25) is 5.91 Å². The number of aromatic nitrogens is 2. The third-order valence-electron chi connectivity index (χ3n) is 3.03. The van der Waals surface area contributed by atoms with Crippen LogP contribution in [0.2, 0.25) is 0 Å². The molecule has 1 heterocycles. The fourth-order valence-electron chi connectivity index (χ4n) is 2.06. The Morgan fingerprint density at radius 1 is 1.16 bits per heavy atom. The van der Waals surface area contributed by atoms with Gasteiger partial charge in [-0.2, -0.15) is 0 Å². The zero-order valence-corrected chi connectivity index (χ0v) is 10.1. The Balaban J connectivity index is 2.26. The minimum Gasteiger partial charge on any atom is -0.397 e. The Kier molecular flexibility index (Phi) is 2.45. The van der Waals surface area contributed by atoms with E-state index in [1.54, 1.807) is 24.5 Å². The van der Waals surface area contributed by atoms with Crippen LogP contribution in [-0.4, -0.2) is 15.5 Å². The molecule has 0 spiro atoms. The van der Waals surface area contributed by atoms with E-state index in [0.29, 0.717) is 16.9 Å². The average molecular weight is 252 g/mol. The second-order valence-electron chi connectivity index (χ2n) is 4.24. The zero-order valence-electron chi connectivity index (χ0n) is 10.1. The number of imidazole rings is 1. The maximum atomic E-state index is 11.3. The van der Waals surface area contributed by atoms with Crippen LogP contribution in [0.5, 0.6) is 0 Å². The Labute approximate surface area is 109 Å². The molecule has 0 aliphatic rings. The molecule has 94 valence electrons. The van der Waals surface area contributed by atoms with Crippen molar-refractivity contribution in [2.24, 2.45) is 5.73 Å². The third kappa shape index (κ3) is 1.81. The second kappa shape index (κ2) is 4.13.